The van der Waals surface area contributed by atoms with Gasteiger partial charge in [0, 0.05) is 12.2 Å². The summed E-state index contributed by atoms with van der Waals surface area (Å²) in [4.78, 5) is 23.7. The number of aromatic nitrogens is 3. The molecule has 0 aliphatic carbocycles. The van der Waals surface area contributed by atoms with Crippen LogP contribution in [0.4, 0.5) is 5.69 Å². The summed E-state index contributed by atoms with van der Waals surface area (Å²) in [7, 11) is 0. The van der Waals surface area contributed by atoms with Crippen molar-refractivity contribution in [2.75, 3.05) is 11.1 Å². The highest BCUT2D eigenvalue weighted by Crippen LogP contribution is 2.16. The third-order valence-corrected chi connectivity index (χ3v) is 4.39. The summed E-state index contributed by atoms with van der Waals surface area (Å²) in [6.45, 7) is 4.76. The number of nitrogens with one attached hydrogen (secondary N) is 2. The SMILES string of the molecule is CCCCn1c(SCC(=O)Nc2cccc(CC)c2)n[nH]c1=O. The Morgan fingerprint density at radius 2 is 2.22 bits per heavy atom. The second kappa shape index (κ2) is 8.57. The van der Waals surface area contributed by atoms with Gasteiger partial charge in [0.15, 0.2) is 5.16 Å². The molecule has 2 aromatic rings. The first-order valence-corrected chi connectivity index (χ1v) is 8.79. The number of H-pyrrole nitrogens is 1. The molecule has 6 nitrogen and oxygen atoms in total. The van der Waals surface area contributed by atoms with Crippen LogP contribution in [0.15, 0.2) is 34.2 Å². The van der Waals surface area contributed by atoms with Gasteiger partial charge in [-0.1, -0.05) is 44.2 Å². The quantitative estimate of drug-likeness (QED) is 0.727. The van der Waals surface area contributed by atoms with E-state index in [-0.39, 0.29) is 17.3 Å². The van der Waals surface area contributed by atoms with Gasteiger partial charge < -0.3 is 5.32 Å². The molecule has 1 heterocycles. The lowest BCUT2D eigenvalue weighted by Crippen LogP contribution is -2.19. The second-order valence-corrected chi connectivity index (χ2v) is 6.15. The van der Waals surface area contributed by atoms with Crippen molar-refractivity contribution in [2.24, 2.45) is 0 Å². The fourth-order valence-corrected chi connectivity index (χ4v) is 2.90. The Kier molecular flexibility index (Phi) is 6.46. The number of hydrogen-bond donors (Lipinski definition) is 2. The monoisotopic (exact) mass is 334 g/mol. The van der Waals surface area contributed by atoms with Gasteiger partial charge in [-0.15, -0.1) is 5.10 Å². The largest absolute Gasteiger partial charge is 0.343 e. The molecule has 0 aliphatic heterocycles. The van der Waals surface area contributed by atoms with Crippen molar-refractivity contribution >= 4 is 23.4 Å². The van der Waals surface area contributed by atoms with Crippen molar-refractivity contribution in [1.82, 2.24) is 14.8 Å². The second-order valence-electron chi connectivity index (χ2n) is 5.21. The molecule has 1 aromatic carbocycles. The fourth-order valence-electron chi connectivity index (χ4n) is 2.12. The number of hydrogen-bond acceptors (Lipinski definition) is 4. The van der Waals surface area contributed by atoms with Crippen molar-refractivity contribution in [3.05, 3.63) is 40.3 Å². The molecule has 2 rings (SSSR count). The van der Waals surface area contributed by atoms with E-state index in [0.29, 0.717) is 11.7 Å². The molecule has 0 fully saturated rings. The van der Waals surface area contributed by atoms with Crippen LogP contribution in [0.3, 0.4) is 0 Å². The van der Waals surface area contributed by atoms with E-state index in [1.165, 1.54) is 17.3 Å². The van der Waals surface area contributed by atoms with Crippen LogP contribution < -0.4 is 11.0 Å². The minimum absolute atomic E-state index is 0.110. The lowest BCUT2D eigenvalue weighted by molar-refractivity contribution is -0.113. The average molecular weight is 334 g/mol. The minimum Gasteiger partial charge on any atom is -0.325 e. The summed E-state index contributed by atoms with van der Waals surface area (Å²) in [5.74, 6) is 0.105. The van der Waals surface area contributed by atoms with Crippen LogP contribution in [0.2, 0.25) is 0 Å². The van der Waals surface area contributed by atoms with Crippen LogP contribution in [0.5, 0.6) is 0 Å². The van der Waals surface area contributed by atoms with Gasteiger partial charge in [-0.2, -0.15) is 0 Å². The molecule has 1 amide bonds. The summed E-state index contributed by atoms with van der Waals surface area (Å²) in [6.07, 6.45) is 2.83. The molecule has 0 unspecified atom stereocenters. The van der Waals surface area contributed by atoms with Crippen LogP contribution in [0.1, 0.15) is 32.3 Å². The molecule has 0 saturated carbocycles. The van der Waals surface area contributed by atoms with Gasteiger partial charge in [0.05, 0.1) is 5.75 Å². The number of anilines is 1. The van der Waals surface area contributed by atoms with Crippen molar-refractivity contribution in [3.63, 3.8) is 0 Å². The molecular formula is C16H22N4O2S. The van der Waals surface area contributed by atoms with E-state index in [2.05, 4.69) is 29.4 Å². The molecule has 0 radical (unpaired) electrons. The Morgan fingerprint density at radius 3 is 2.96 bits per heavy atom. The zero-order valence-electron chi connectivity index (χ0n) is 13.5. The number of benzene rings is 1. The van der Waals surface area contributed by atoms with Crippen molar-refractivity contribution in [3.8, 4) is 0 Å². The van der Waals surface area contributed by atoms with E-state index < -0.39 is 0 Å². The number of amides is 1. The van der Waals surface area contributed by atoms with Crippen LogP contribution in [0.25, 0.3) is 0 Å². The molecule has 0 atom stereocenters. The summed E-state index contributed by atoms with van der Waals surface area (Å²) >= 11 is 1.26. The molecular weight excluding hydrogens is 312 g/mol. The van der Waals surface area contributed by atoms with E-state index in [1.54, 1.807) is 4.57 Å². The predicted octanol–water partition coefficient (Wildman–Crippen LogP) is 2.66. The standard InChI is InChI=1S/C16H22N4O2S/c1-3-5-9-20-15(22)18-19-16(20)23-11-14(21)17-13-8-6-7-12(4-2)10-13/h6-8,10H,3-5,9,11H2,1-2H3,(H,17,21)(H,18,22). The Labute approximate surface area is 139 Å². The number of rotatable bonds is 8. The normalized spacial score (nSPS) is 10.7. The first-order valence-electron chi connectivity index (χ1n) is 7.80. The number of thioether (sulfide) groups is 1. The van der Waals surface area contributed by atoms with Gasteiger partial charge in [0.25, 0.3) is 0 Å². The van der Waals surface area contributed by atoms with E-state index in [4.69, 9.17) is 0 Å². The van der Waals surface area contributed by atoms with E-state index in [1.807, 2.05) is 24.3 Å². The van der Waals surface area contributed by atoms with E-state index in [0.717, 1.165) is 24.9 Å². The molecule has 0 aliphatic rings. The highest BCUT2D eigenvalue weighted by molar-refractivity contribution is 7.99. The Balaban J connectivity index is 1.93. The summed E-state index contributed by atoms with van der Waals surface area (Å²) in [5.41, 5.74) is 1.74. The number of aryl methyl sites for hydroxylation is 1. The van der Waals surface area contributed by atoms with Crippen molar-refractivity contribution in [1.29, 1.82) is 0 Å². The molecule has 2 N–H and O–H groups in total. The molecule has 0 spiro atoms. The maximum atomic E-state index is 12.1. The maximum Gasteiger partial charge on any atom is 0.343 e. The lowest BCUT2D eigenvalue weighted by Gasteiger charge is -2.07. The Morgan fingerprint density at radius 1 is 1.39 bits per heavy atom. The van der Waals surface area contributed by atoms with Crippen molar-refractivity contribution in [2.45, 2.75) is 44.8 Å². The highest BCUT2D eigenvalue weighted by atomic mass is 32.2. The predicted molar refractivity (Wildman–Crippen MR) is 92.9 cm³/mol. The number of unbranched alkanes of at least 4 members (excludes halogenated alkanes) is 1. The minimum atomic E-state index is -0.225. The lowest BCUT2D eigenvalue weighted by atomic mass is 10.1. The molecule has 0 bridgehead atoms. The third kappa shape index (κ3) is 4.99. The first kappa shape index (κ1) is 17.3. The molecule has 23 heavy (non-hydrogen) atoms. The smallest absolute Gasteiger partial charge is 0.325 e. The van der Waals surface area contributed by atoms with E-state index >= 15 is 0 Å². The summed E-state index contributed by atoms with van der Waals surface area (Å²) in [6, 6.07) is 7.79. The van der Waals surface area contributed by atoms with Crippen LogP contribution in [0, 0.1) is 0 Å². The summed E-state index contributed by atoms with van der Waals surface area (Å²) in [5, 5.41) is 9.85. The van der Waals surface area contributed by atoms with Gasteiger partial charge in [-0.3, -0.25) is 9.36 Å². The first-order chi connectivity index (χ1) is 11.1. The Bertz CT molecular complexity index is 708. The van der Waals surface area contributed by atoms with Gasteiger partial charge in [0.1, 0.15) is 0 Å². The van der Waals surface area contributed by atoms with Gasteiger partial charge in [0.2, 0.25) is 5.91 Å². The molecule has 7 heteroatoms. The van der Waals surface area contributed by atoms with Gasteiger partial charge >= 0.3 is 5.69 Å². The zero-order valence-corrected chi connectivity index (χ0v) is 14.3. The maximum absolute atomic E-state index is 12.1. The zero-order chi connectivity index (χ0) is 16.7. The van der Waals surface area contributed by atoms with Gasteiger partial charge in [-0.05, 0) is 30.5 Å². The molecule has 0 saturated heterocycles. The number of aromatic amines is 1. The summed E-state index contributed by atoms with van der Waals surface area (Å²) < 4.78 is 1.58. The van der Waals surface area contributed by atoms with Crippen molar-refractivity contribution < 1.29 is 4.79 Å². The number of carbonyl (C=O) groups excluding carboxylic acids is 1. The highest BCUT2D eigenvalue weighted by Gasteiger charge is 2.11. The third-order valence-electron chi connectivity index (χ3n) is 3.41. The number of carbonyl (C=O) groups is 1. The Hall–Kier alpha value is -2.02. The van der Waals surface area contributed by atoms with Gasteiger partial charge in [-0.25, -0.2) is 9.89 Å². The van der Waals surface area contributed by atoms with Crippen LogP contribution in [-0.2, 0) is 17.8 Å². The van der Waals surface area contributed by atoms with Crippen LogP contribution >= 0.6 is 11.8 Å². The fraction of sp³-hybridized carbons (Fsp3) is 0.438. The average Bonchev–Trinajstić information content (AvgIpc) is 2.91. The molecule has 124 valence electrons. The number of nitrogens with zero attached hydrogens (tertiary/aromatic N) is 2. The van der Waals surface area contributed by atoms with Crippen LogP contribution in [-0.4, -0.2) is 26.4 Å². The molecule has 1 aromatic heterocycles. The topological polar surface area (TPSA) is 79.8 Å². The van der Waals surface area contributed by atoms with E-state index in [9.17, 15) is 9.59 Å².